The fourth-order valence-electron chi connectivity index (χ4n) is 1.73. The lowest BCUT2D eigenvalue weighted by Crippen LogP contribution is -2.03. The summed E-state index contributed by atoms with van der Waals surface area (Å²) in [6, 6.07) is 5.41. The molecule has 0 saturated heterocycles. The summed E-state index contributed by atoms with van der Waals surface area (Å²) in [7, 11) is 2.89. The molecule has 2 rings (SSSR count). The minimum absolute atomic E-state index is 0.322. The van der Waals surface area contributed by atoms with Crippen molar-refractivity contribution in [3.63, 3.8) is 0 Å². The van der Waals surface area contributed by atoms with Gasteiger partial charge in [-0.2, -0.15) is 0 Å². The lowest BCUT2D eigenvalue weighted by atomic mass is 10.1. The summed E-state index contributed by atoms with van der Waals surface area (Å²) in [5, 5.41) is 3.92. The average Bonchev–Trinajstić information content (AvgIpc) is 2.79. The van der Waals surface area contributed by atoms with Crippen LogP contribution in [0.1, 0.15) is 16.1 Å². The van der Waals surface area contributed by atoms with Gasteiger partial charge in [0, 0.05) is 10.0 Å². The highest BCUT2D eigenvalue weighted by Gasteiger charge is 2.22. The first-order chi connectivity index (χ1) is 9.06. The van der Waals surface area contributed by atoms with E-state index in [0.717, 1.165) is 4.47 Å². The fraction of sp³-hybridized carbons (Fsp3) is 0.231. The number of carbonyl (C=O) groups is 1. The number of carbonyl (C=O) groups excluding carboxylic acids is 1. The summed E-state index contributed by atoms with van der Waals surface area (Å²) < 4.78 is 15.8. The third kappa shape index (κ3) is 2.63. The molecule has 1 aromatic carbocycles. The summed E-state index contributed by atoms with van der Waals surface area (Å²) in [5.74, 6) is 0.592. The molecule has 6 heteroatoms. The van der Waals surface area contributed by atoms with Crippen molar-refractivity contribution in [2.45, 2.75) is 6.92 Å². The average molecular weight is 326 g/mol. The highest BCUT2D eigenvalue weighted by molar-refractivity contribution is 9.10. The van der Waals surface area contributed by atoms with Crippen molar-refractivity contribution >= 4 is 21.9 Å². The Bertz CT molecular complexity index is 621. The number of hydrogen-bond donors (Lipinski definition) is 0. The Kier molecular flexibility index (Phi) is 3.90. The summed E-state index contributed by atoms with van der Waals surface area (Å²) >= 11 is 3.38. The highest BCUT2D eigenvalue weighted by Crippen LogP contribution is 2.31. The molecule has 0 aliphatic carbocycles. The quantitative estimate of drug-likeness (QED) is 0.811. The molecular weight excluding hydrogens is 314 g/mol. The van der Waals surface area contributed by atoms with E-state index in [1.165, 1.54) is 7.11 Å². The van der Waals surface area contributed by atoms with Crippen molar-refractivity contribution in [3.05, 3.63) is 34.0 Å². The maximum Gasteiger partial charge on any atom is 0.343 e. The Morgan fingerprint density at radius 3 is 2.68 bits per heavy atom. The Balaban J connectivity index is 2.59. The predicted octanol–water partition coefficient (Wildman–Crippen LogP) is 3.21. The molecule has 0 unspecified atom stereocenters. The zero-order valence-electron chi connectivity index (χ0n) is 10.7. The number of nitrogens with zero attached hydrogens (tertiary/aromatic N) is 1. The molecule has 0 radical (unpaired) electrons. The summed E-state index contributed by atoms with van der Waals surface area (Å²) in [6.07, 6.45) is 0. The van der Waals surface area contributed by atoms with Crippen molar-refractivity contribution < 1.29 is 18.8 Å². The lowest BCUT2D eigenvalue weighted by molar-refractivity contribution is 0.0599. The van der Waals surface area contributed by atoms with E-state index in [2.05, 4.69) is 21.1 Å². The Morgan fingerprint density at radius 2 is 2.05 bits per heavy atom. The van der Waals surface area contributed by atoms with Gasteiger partial charge >= 0.3 is 5.97 Å². The molecule has 0 spiro atoms. The summed E-state index contributed by atoms with van der Waals surface area (Å²) in [6.45, 7) is 1.66. The van der Waals surface area contributed by atoms with Crippen molar-refractivity contribution in [1.82, 2.24) is 5.16 Å². The second-order valence-corrected chi connectivity index (χ2v) is 4.75. The van der Waals surface area contributed by atoms with Gasteiger partial charge in [0.25, 0.3) is 0 Å². The molecule has 0 bridgehead atoms. The molecule has 2 aromatic rings. The smallest absolute Gasteiger partial charge is 0.343 e. The summed E-state index contributed by atoms with van der Waals surface area (Å²) in [4.78, 5) is 11.8. The number of halogens is 1. The predicted molar refractivity (Wildman–Crippen MR) is 72.3 cm³/mol. The molecule has 0 N–H and O–H groups in total. The van der Waals surface area contributed by atoms with Crippen LogP contribution in [0.2, 0.25) is 0 Å². The number of hydrogen-bond acceptors (Lipinski definition) is 5. The SMILES string of the molecule is COC(=O)c1c(-c2cc(Br)cc(OC)c2)noc1C. The van der Waals surface area contributed by atoms with E-state index in [1.54, 1.807) is 20.1 Å². The molecule has 100 valence electrons. The standard InChI is InChI=1S/C13H12BrNO4/c1-7-11(13(16)18-3)12(15-19-7)8-4-9(14)6-10(5-8)17-2/h4-6H,1-3H3. The van der Waals surface area contributed by atoms with Gasteiger partial charge in [0.2, 0.25) is 0 Å². The van der Waals surface area contributed by atoms with Gasteiger partial charge in [-0.25, -0.2) is 4.79 Å². The number of aromatic nitrogens is 1. The second kappa shape index (κ2) is 5.44. The van der Waals surface area contributed by atoms with Crippen LogP contribution in [0.25, 0.3) is 11.3 Å². The van der Waals surface area contributed by atoms with Crippen molar-refractivity contribution in [2.24, 2.45) is 0 Å². The molecule has 0 saturated carbocycles. The van der Waals surface area contributed by atoms with Gasteiger partial charge in [-0.05, 0) is 25.1 Å². The van der Waals surface area contributed by atoms with E-state index in [-0.39, 0.29) is 0 Å². The van der Waals surface area contributed by atoms with Crippen LogP contribution in [0.15, 0.2) is 27.2 Å². The Morgan fingerprint density at radius 1 is 1.32 bits per heavy atom. The molecule has 0 fully saturated rings. The molecule has 5 nitrogen and oxygen atoms in total. The Hall–Kier alpha value is -1.82. The van der Waals surface area contributed by atoms with Gasteiger partial charge in [0.1, 0.15) is 22.8 Å². The minimum Gasteiger partial charge on any atom is -0.497 e. The van der Waals surface area contributed by atoms with E-state index >= 15 is 0 Å². The van der Waals surface area contributed by atoms with Crippen molar-refractivity contribution in [2.75, 3.05) is 14.2 Å². The van der Waals surface area contributed by atoms with Crippen LogP contribution in [0.3, 0.4) is 0 Å². The number of esters is 1. The molecule has 0 aliphatic heterocycles. The first-order valence-electron chi connectivity index (χ1n) is 5.46. The second-order valence-electron chi connectivity index (χ2n) is 3.83. The number of ether oxygens (including phenoxy) is 2. The largest absolute Gasteiger partial charge is 0.497 e. The highest BCUT2D eigenvalue weighted by atomic mass is 79.9. The van der Waals surface area contributed by atoms with Gasteiger partial charge < -0.3 is 14.0 Å². The molecular formula is C13H12BrNO4. The van der Waals surface area contributed by atoms with Gasteiger partial charge in [0.15, 0.2) is 0 Å². The van der Waals surface area contributed by atoms with Crippen LogP contribution in [0, 0.1) is 6.92 Å². The topological polar surface area (TPSA) is 61.6 Å². The zero-order chi connectivity index (χ0) is 14.0. The van der Waals surface area contributed by atoms with Crippen molar-refractivity contribution in [3.8, 4) is 17.0 Å². The van der Waals surface area contributed by atoms with Crippen molar-refractivity contribution in [1.29, 1.82) is 0 Å². The molecule has 0 atom stereocenters. The van der Waals surface area contributed by atoms with Crippen LogP contribution >= 0.6 is 15.9 Å². The zero-order valence-corrected chi connectivity index (χ0v) is 12.3. The first kappa shape index (κ1) is 13.6. The third-order valence-electron chi connectivity index (χ3n) is 2.63. The fourth-order valence-corrected chi connectivity index (χ4v) is 2.20. The first-order valence-corrected chi connectivity index (χ1v) is 6.25. The lowest BCUT2D eigenvalue weighted by Gasteiger charge is -2.05. The molecule has 0 amide bonds. The van der Waals surface area contributed by atoms with E-state index < -0.39 is 5.97 Å². The number of rotatable bonds is 3. The number of benzene rings is 1. The normalized spacial score (nSPS) is 10.3. The van der Waals surface area contributed by atoms with Gasteiger partial charge in [-0.1, -0.05) is 21.1 Å². The minimum atomic E-state index is -0.479. The van der Waals surface area contributed by atoms with E-state index in [4.69, 9.17) is 14.0 Å². The van der Waals surface area contributed by atoms with Crippen LogP contribution in [-0.2, 0) is 4.74 Å². The molecule has 1 aromatic heterocycles. The van der Waals surface area contributed by atoms with E-state index in [0.29, 0.717) is 28.3 Å². The Labute approximate surface area is 118 Å². The van der Waals surface area contributed by atoms with E-state index in [1.807, 2.05) is 12.1 Å². The van der Waals surface area contributed by atoms with Crippen LogP contribution < -0.4 is 4.74 Å². The molecule has 19 heavy (non-hydrogen) atoms. The number of aryl methyl sites for hydroxylation is 1. The summed E-state index contributed by atoms with van der Waals surface area (Å²) in [5.41, 5.74) is 1.47. The number of methoxy groups -OCH3 is 2. The van der Waals surface area contributed by atoms with Crippen LogP contribution in [-0.4, -0.2) is 25.3 Å². The maximum atomic E-state index is 11.8. The van der Waals surface area contributed by atoms with Gasteiger partial charge in [0.05, 0.1) is 14.2 Å². The monoisotopic (exact) mass is 325 g/mol. The van der Waals surface area contributed by atoms with Crippen LogP contribution in [0.5, 0.6) is 5.75 Å². The molecule has 0 aliphatic rings. The molecule has 1 heterocycles. The van der Waals surface area contributed by atoms with Crippen LogP contribution in [0.4, 0.5) is 0 Å². The van der Waals surface area contributed by atoms with Gasteiger partial charge in [-0.3, -0.25) is 0 Å². The van der Waals surface area contributed by atoms with Gasteiger partial charge in [-0.15, -0.1) is 0 Å². The maximum absolute atomic E-state index is 11.8. The third-order valence-corrected chi connectivity index (χ3v) is 3.09. The van der Waals surface area contributed by atoms with E-state index in [9.17, 15) is 4.79 Å².